The topological polar surface area (TPSA) is 63.9 Å². The number of rotatable bonds is 5. The van der Waals surface area contributed by atoms with E-state index in [4.69, 9.17) is 0 Å². The van der Waals surface area contributed by atoms with Gasteiger partial charge in [0.05, 0.1) is 0 Å². The molecule has 3 aliphatic heterocycles. The van der Waals surface area contributed by atoms with Crippen LogP contribution in [0.1, 0.15) is 39.5 Å². The average Bonchev–Trinajstić information content (AvgIpc) is 3.39. The van der Waals surface area contributed by atoms with Gasteiger partial charge in [0.15, 0.2) is 0 Å². The first-order chi connectivity index (χ1) is 11.8. The number of hydrogen-bond donors (Lipinski definition) is 1. The minimum atomic E-state index is -0.718. The summed E-state index contributed by atoms with van der Waals surface area (Å²) in [5, 5.41) is 9.56. The highest BCUT2D eigenvalue weighted by Crippen LogP contribution is 2.47. The van der Waals surface area contributed by atoms with E-state index in [0.29, 0.717) is 11.9 Å². The van der Waals surface area contributed by atoms with Crippen LogP contribution in [0.5, 0.6) is 0 Å². The second kappa shape index (κ2) is 5.95. The lowest BCUT2D eigenvalue weighted by Gasteiger charge is -2.30. The minimum absolute atomic E-state index is 0.103. The summed E-state index contributed by atoms with van der Waals surface area (Å²) in [6.45, 7) is 7.27. The third-order valence-corrected chi connectivity index (χ3v) is 7.00. The summed E-state index contributed by atoms with van der Waals surface area (Å²) in [4.78, 5) is 31.0. The molecule has 4 aliphatic rings. The number of nitrogens with zero attached hydrogens (tertiary/aromatic N) is 3. The van der Waals surface area contributed by atoms with Crippen LogP contribution in [0.15, 0.2) is 0 Å². The van der Waals surface area contributed by atoms with Gasteiger partial charge in [0.25, 0.3) is 0 Å². The molecule has 5 atom stereocenters. The van der Waals surface area contributed by atoms with E-state index in [2.05, 4.69) is 21.7 Å². The Morgan fingerprint density at radius 1 is 1.12 bits per heavy atom. The van der Waals surface area contributed by atoms with Crippen LogP contribution in [0.25, 0.3) is 0 Å². The Hall–Kier alpha value is -1.14. The maximum atomic E-state index is 12.9. The molecule has 0 bridgehead atoms. The van der Waals surface area contributed by atoms with Crippen LogP contribution in [0, 0.1) is 17.3 Å². The van der Waals surface area contributed by atoms with Crippen LogP contribution >= 0.6 is 0 Å². The zero-order valence-electron chi connectivity index (χ0n) is 15.6. The normalized spacial score (nSPS) is 39.4. The van der Waals surface area contributed by atoms with Crippen molar-refractivity contribution < 1.29 is 14.7 Å². The van der Waals surface area contributed by atoms with Crippen LogP contribution in [0.3, 0.4) is 0 Å². The van der Waals surface area contributed by atoms with Crippen molar-refractivity contribution >= 4 is 11.9 Å². The Morgan fingerprint density at radius 2 is 1.80 bits per heavy atom. The predicted octanol–water partition coefficient (Wildman–Crippen LogP) is 1.11. The summed E-state index contributed by atoms with van der Waals surface area (Å²) in [7, 11) is 2.08. The van der Waals surface area contributed by atoms with Crippen molar-refractivity contribution in [1.29, 1.82) is 0 Å². The molecular formula is C19H31N3O3. The van der Waals surface area contributed by atoms with Crippen molar-refractivity contribution in [2.45, 2.75) is 57.7 Å². The highest BCUT2D eigenvalue weighted by atomic mass is 16.4. The van der Waals surface area contributed by atoms with Gasteiger partial charge in [-0.2, -0.15) is 0 Å². The molecule has 0 radical (unpaired) electrons. The van der Waals surface area contributed by atoms with Crippen LogP contribution in [0.4, 0.5) is 0 Å². The smallest absolute Gasteiger partial charge is 0.321 e. The van der Waals surface area contributed by atoms with Gasteiger partial charge in [-0.1, -0.05) is 13.8 Å². The van der Waals surface area contributed by atoms with E-state index in [1.165, 1.54) is 12.8 Å². The summed E-state index contributed by atoms with van der Waals surface area (Å²) in [6.07, 6.45) is 4.59. The molecule has 1 spiro atoms. The van der Waals surface area contributed by atoms with Crippen molar-refractivity contribution in [3.8, 4) is 0 Å². The van der Waals surface area contributed by atoms with Crippen LogP contribution < -0.4 is 0 Å². The number of carbonyl (C=O) groups excluding carboxylic acids is 1. The molecule has 140 valence electrons. The van der Waals surface area contributed by atoms with Gasteiger partial charge in [0, 0.05) is 31.1 Å². The second-order valence-electron chi connectivity index (χ2n) is 9.20. The molecule has 4 rings (SSSR count). The molecule has 1 N–H and O–H groups in total. The number of carboxylic acids is 1. The number of hydrogen-bond acceptors (Lipinski definition) is 4. The Labute approximate surface area is 150 Å². The highest BCUT2D eigenvalue weighted by molar-refractivity contribution is 5.86. The first kappa shape index (κ1) is 17.3. The van der Waals surface area contributed by atoms with Gasteiger partial charge in [-0.15, -0.1) is 0 Å². The molecule has 25 heavy (non-hydrogen) atoms. The molecule has 1 aliphatic carbocycles. The molecule has 1 unspecified atom stereocenters. The fourth-order valence-corrected chi connectivity index (χ4v) is 5.42. The van der Waals surface area contributed by atoms with Crippen molar-refractivity contribution in [3.63, 3.8) is 0 Å². The molecular weight excluding hydrogens is 318 g/mol. The van der Waals surface area contributed by atoms with Gasteiger partial charge < -0.3 is 10.0 Å². The zero-order valence-corrected chi connectivity index (χ0v) is 15.6. The number of likely N-dealkylation sites (N-methyl/N-ethyl adjacent to an activating group) is 1. The molecule has 4 fully saturated rings. The highest BCUT2D eigenvalue weighted by Gasteiger charge is 2.59. The monoisotopic (exact) mass is 349 g/mol. The van der Waals surface area contributed by atoms with Gasteiger partial charge in [-0.05, 0) is 51.1 Å². The molecule has 6 nitrogen and oxygen atoms in total. The van der Waals surface area contributed by atoms with E-state index < -0.39 is 12.0 Å². The third kappa shape index (κ3) is 2.97. The lowest BCUT2D eigenvalue weighted by atomic mass is 9.86. The van der Waals surface area contributed by atoms with Gasteiger partial charge in [-0.25, -0.2) is 0 Å². The van der Waals surface area contributed by atoms with Crippen LogP contribution in [0.2, 0.25) is 0 Å². The number of aliphatic carboxylic acids is 1. The molecule has 3 heterocycles. The van der Waals surface area contributed by atoms with E-state index in [1.54, 1.807) is 0 Å². The number of amides is 1. The Balaban J connectivity index is 1.37. The average molecular weight is 349 g/mol. The van der Waals surface area contributed by atoms with Gasteiger partial charge in [0.2, 0.25) is 5.91 Å². The first-order valence-corrected chi connectivity index (χ1v) is 9.80. The summed E-state index contributed by atoms with van der Waals surface area (Å²) in [5.41, 5.74) is 0.112. The lowest BCUT2D eigenvalue weighted by Crippen LogP contribution is -2.45. The Kier molecular flexibility index (Phi) is 4.11. The quantitative estimate of drug-likeness (QED) is 0.754. The maximum absolute atomic E-state index is 12.9. The summed E-state index contributed by atoms with van der Waals surface area (Å²) in [5.74, 6) is 0.448. The fraction of sp³-hybridized carbons (Fsp3) is 0.895. The Morgan fingerprint density at radius 3 is 2.40 bits per heavy atom. The fourth-order valence-electron chi connectivity index (χ4n) is 5.42. The van der Waals surface area contributed by atoms with Gasteiger partial charge in [0.1, 0.15) is 12.1 Å². The second-order valence-corrected chi connectivity index (χ2v) is 9.20. The summed E-state index contributed by atoms with van der Waals surface area (Å²) in [6, 6.07) is 0.196. The van der Waals surface area contributed by atoms with Crippen molar-refractivity contribution in [2.75, 3.05) is 33.2 Å². The molecule has 1 amide bonds. The van der Waals surface area contributed by atoms with Gasteiger partial charge in [-0.3, -0.25) is 19.4 Å². The summed E-state index contributed by atoms with van der Waals surface area (Å²) >= 11 is 0. The van der Waals surface area contributed by atoms with E-state index >= 15 is 0 Å². The Bertz CT molecular complexity index is 576. The first-order valence-electron chi connectivity index (χ1n) is 9.80. The van der Waals surface area contributed by atoms with E-state index in [0.717, 1.165) is 44.9 Å². The van der Waals surface area contributed by atoms with E-state index in [-0.39, 0.29) is 17.4 Å². The lowest BCUT2D eigenvalue weighted by molar-refractivity contribution is -0.144. The van der Waals surface area contributed by atoms with Crippen molar-refractivity contribution in [3.05, 3.63) is 0 Å². The van der Waals surface area contributed by atoms with E-state index in [9.17, 15) is 14.7 Å². The number of carbonyl (C=O) groups is 2. The third-order valence-electron chi connectivity index (χ3n) is 7.00. The molecule has 3 saturated heterocycles. The molecule has 1 saturated carbocycles. The number of carboxylic acid groups (broad SMARTS) is 1. The molecule has 0 aromatic heterocycles. The standard InChI is InChI=1S/C19H31N3O3/c1-12(2)14(18(24)25)21-8-6-19(10-21)7-9-22(11-19)17(23)16-15(20(16)3)13-4-5-13/h12-16H,4-11H2,1-3H3,(H,24,25)/t14-,15+,16+,19-,20?/m0/s1. The minimum Gasteiger partial charge on any atom is -0.480 e. The predicted molar refractivity (Wildman–Crippen MR) is 94.1 cm³/mol. The number of likely N-dealkylation sites (tertiary alicyclic amines) is 2. The zero-order chi connectivity index (χ0) is 17.9. The van der Waals surface area contributed by atoms with E-state index in [1.807, 2.05) is 13.8 Å². The molecule has 0 aromatic rings. The van der Waals surface area contributed by atoms with Gasteiger partial charge >= 0.3 is 5.97 Å². The van der Waals surface area contributed by atoms with Crippen LogP contribution in [-0.4, -0.2) is 83.0 Å². The molecule has 0 aromatic carbocycles. The maximum Gasteiger partial charge on any atom is 0.321 e. The largest absolute Gasteiger partial charge is 0.480 e. The summed E-state index contributed by atoms with van der Waals surface area (Å²) < 4.78 is 0. The van der Waals surface area contributed by atoms with Crippen molar-refractivity contribution in [1.82, 2.24) is 14.7 Å². The van der Waals surface area contributed by atoms with Crippen LogP contribution in [-0.2, 0) is 9.59 Å². The molecule has 6 heteroatoms. The van der Waals surface area contributed by atoms with Crippen molar-refractivity contribution in [2.24, 2.45) is 17.3 Å². The SMILES string of the molecule is CC(C)[C@@H](C(=O)O)N1CC[C@]2(CCN(C(=O)[C@H]3[C@@H](C4CC4)N3C)C2)C1.